The van der Waals surface area contributed by atoms with Crippen LogP contribution in [0.15, 0.2) is 36.0 Å². The molecule has 4 aliphatic carbocycles. The lowest BCUT2D eigenvalue weighted by Crippen LogP contribution is -2.47. The van der Waals surface area contributed by atoms with Crippen molar-refractivity contribution in [3.8, 4) is 0 Å². The van der Waals surface area contributed by atoms with Gasteiger partial charge in [-0.2, -0.15) is 0 Å². The molecule has 4 bridgehead atoms. The molecule has 0 radical (unpaired) electrons. The summed E-state index contributed by atoms with van der Waals surface area (Å²) < 4.78 is 2.16. The van der Waals surface area contributed by atoms with E-state index in [9.17, 15) is 4.79 Å². The zero-order valence-electron chi connectivity index (χ0n) is 18.6. The van der Waals surface area contributed by atoms with Crippen molar-refractivity contribution in [2.45, 2.75) is 63.6 Å². The molecular weight excluding hydrogens is 440 g/mol. The van der Waals surface area contributed by atoms with Gasteiger partial charge in [-0.05, 0) is 86.3 Å². The number of nitrogens with zero attached hydrogens (tertiary/aromatic N) is 3. The van der Waals surface area contributed by atoms with Crippen LogP contribution < -0.4 is 5.32 Å². The summed E-state index contributed by atoms with van der Waals surface area (Å²) in [6, 6.07) is 5.51. The number of halogens is 1. The third-order valence-corrected chi connectivity index (χ3v) is 8.81. The number of anilines is 1. The molecule has 170 valence electrons. The Morgan fingerprint density at radius 1 is 1.25 bits per heavy atom. The monoisotopic (exact) mass is 470 g/mol. The fourth-order valence-corrected chi connectivity index (χ4v) is 7.69. The van der Waals surface area contributed by atoms with Crippen LogP contribution in [0.25, 0.3) is 0 Å². The zero-order chi connectivity index (χ0) is 22.3. The lowest BCUT2D eigenvalue weighted by Gasteiger charge is -2.56. The van der Waals surface area contributed by atoms with Gasteiger partial charge in [-0.15, -0.1) is 16.8 Å². The SMILES string of the molecule is C=CCn1c(CC23CC4CC(CC(C4)C2)C3)nnc1SCC(=O)Nc1cc(Cl)ccc1C. The van der Waals surface area contributed by atoms with E-state index in [0.29, 0.717) is 17.0 Å². The van der Waals surface area contributed by atoms with Gasteiger partial charge >= 0.3 is 0 Å². The molecular formula is C25H31ClN4OS. The summed E-state index contributed by atoms with van der Waals surface area (Å²) >= 11 is 7.51. The van der Waals surface area contributed by atoms with Gasteiger partial charge in [-0.25, -0.2) is 0 Å². The fourth-order valence-electron chi connectivity index (χ4n) is 6.76. The predicted octanol–water partition coefficient (Wildman–Crippen LogP) is 5.92. The summed E-state index contributed by atoms with van der Waals surface area (Å²) in [4.78, 5) is 12.6. The normalized spacial score (nSPS) is 28.1. The minimum Gasteiger partial charge on any atom is -0.325 e. The second kappa shape index (κ2) is 8.86. The lowest BCUT2D eigenvalue weighted by atomic mass is 9.49. The number of carbonyl (C=O) groups excluding carboxylic acids is 1. The first-order valence-electron chi connectivity index (χ1n) is 11.6. The number of thioether (sulfide) groups is 1. The van der Waals surface area contributed by atoms with Gasteiger partial charge < -0.3 is 9.88 Å². The maximum absolute atomic E-state index is 12.6. The molecule has 0 atom stereocenters. The molecule has 6 rings (SSSR count). The smallest absolute Gasteiger partial charge is 0.234 e. The zero-order valence-corrected chi connectivity index (χ0v) is 20.2. The number of allylic oxidation sites excluding steroid dienone is 1. The molecule has 0 unspecified atom stereocenters. The van der Waals surface area contributed by atoms with E-state index in [4.69, 9.17) is 11.6 Å². The Labute approximate surface area is 199 Å². The third-order valence-electron chi connectivity index (χ3n) is 7.61. The van der Waals surface area contributed by atoms with Crippen LogP contribution in [-0.2, 0) is 17.8 Å². The van der Waals surface area contributed by atoms with Gasteiger partial charge in [0.05, 0.1) is 5.75 Å². The van der Waals surface area contributed by atoms with Crippen LogP contribution in [0.5, 0.6) is 0 Å². The summed E-state index contributed by atoms with van der Waals surface area (Å²) in [5.41, 5.74) is 2.14. The van der Waals surface area contributed by atoms with E-state index in [1.54, 1.807) is 6.07 Å². The van der Waals surface area contributed by atoms with Gasteiger partial charge in [0.25, 0.3) is 0 Å². The maximum atomic E-state index is 12.6. The summed E-state index contributed by atoms with van der Waals surface area (Å²) in [7, 11) is 0. The Bertz CT molecular complexity index is 998. The van der Waals surface area contributed by atoms with E-state index in [1.807, 2.05) is 25.1 Å². The van der Waals surface area contributed by atoms with Crippen molar-refractivity contribution >= 4 is 35.0 Å². The lowest BCUT2D eigenvalue weighted by molar-refractivity contribution is -0.113. The Morgan fingerprint density at radius 2 is 1.94 bits per heavy atom. The number of rotatable bonds is 8. The highest BCUT2D eigenvalue weighted by molar-refractivity contribution is 7.99. The summed E-state index contributed by atoms with van der Waals surface area (Å²) in [5.74, 6) is 4.02. The van der Waals surface area contributed by atoms with Crippen molar-refractivity contribution < 1.29 is 4.79 Å². The molecule has 1 aromatic heterocycles. The van der Waals surface area contributed by atoms with Crippen LogP contribution in [-0.4, -0.2) is 26.4 Å². The van der Waals surface area contributed by atoms with Crippen LogP contribution in [0.1, 0.15) is 49.9 Å². The predicted molar refractivity (Wildman–Crippen MR) is 130 cm³/mol. The second-order valence-corrected chi connectivity index (χ2v) is 11.6. The highest BCUT2D eigenvalue weighted by atomic mass is 35.5. The van der Waals surface area contributed by atoms with Crippen molar-refractivity contribution in [3.05, 3.63) is 47.3 Å². The van der Waals surface area contributed by atoms with E-state index < -0.39 is 0 Å². The molecule has 32 heavy (non-hydrogen) atoms. The van der Waals surface area contributed by atoms with Crippen molar-refractivity contribution in [2.75, 3.05) is 11.1 Å². The van der Waals surface area contributed by atoms with Crippen molar-refractivity contribution in [2.24, 2.45) is 23.2 Å². The van der Waals surface area contributed by atoms with Crippen LogP contribution >= 0.6 is 23.4 Å². The van der Waals surface area contributed by atoms with Crippen LogP contribution in [0.4, 0.5) is 5.69 Å². The summed E-state index contributed by atoms with van der Waals surface area (Å²) in [5, 5.41) is 13.4. The Kier molecular flexibility index (Phi) is 6.10. The highest BCUT2D eigenvalue weighted by Gasteiger charge is 2.51. The Balaban J connectivity index is 1.27. The first kappa shape index (κ1) is 22.0. The number of aromatic nitrogens is 3. The van der Waals surface area contributed by atoms with Gasteiger partial charge in [0.1, 0.15) is 5.82 Å². The van der Waals surface area contributed by atoms with Crippen LogP contribution in [0, 0.1) is 30.1 Å². The maximum Gasteiger partial charge on any atom is 0.234 e. The molecule has 4 saturated carbocycles. The molecule has 5 nitrogen and oxygen atoms in total. The average molecular weight is 471 g/mol. The quantitative estimate of drug-likeness (QED) is 0.384. The first-order chi connectivity index (χ1) is 15.4. The largest absolute Gasteiger partial charge is 0.325 e. The van der Waals surface area contributed by atoms with Gasteiger partial charge in [0.15, 0.2) is 5.16 Å². The molecule has 0 spiro atoms. The third kappa shape index (κ3) is 4.49. The molecule has 0 aliphatic heterocycles. The standard InChI is InChI=1S/C25H31ClN4OS/c1-3-6-30-22(14-25-11-17-7-18(12-25)9-19(8-17)13-25)28-29-24(30)32-15-23(31)27-21-10-20(26)5-4-16(21)2/h3-5,10,17-19H,1,6-9,11-15H2,2H3,(H,27,31). The average Bonchev–Trinajstić information content (AvgIpc) is 3.09. The summed E-state index contributed by atoms with van der Waals surface area (Å²) in [6.07, 6.45) is 11.3. The van der Waals surface area contributed by atoms with Crippen molar-refractivity contribution in [1.29, 1.82) is 0 Å². The molecule has 1 N–H and O–H groups in total. The number of hydrogen-bond donors (Lipinski definition) is 1. The molecule has 1 amide bonds. The minimum absolute atomic E-state index is 0.0730. The van der Waals surface area contributed by atoms with E-state index >= 15 is 0 Å². The number of carbonyl (C=O) groups is 1. The van der Waals surface area contributed by atoms with E-state index in [-0.39, 0.29) is 11.7 Å². The summed E-state index contributed by atoms with van der Waals surface area (Å²) in [6.45, 7) is 6.56. The van der Waals surface area contributed by atoms with Crippen LogP contribution in [0.2, 0.25) is 5.02 Å². The molecule has 0 saturated heterocycles. The Morgan fingerprint density at radius 3 is 2.59 bits per heavy atom. The fraction of sp³-hybridized carbons (Fsp3) is 0.560. The molecule has 4 fully saturated rings. The number of benzene rings is 1. The van der Waals surface area contributed by atoms with Crippen LogP contribution in [0.3, 0.4) is 0 Å². The first-order valence-corrected chi connectivity index (χ1v) is 13.0. The number of amides is 1. The molecule has 1 aromatic carbocycles. The molecule has 1 heterocycles. The molecule has 7 heteroatoms. The highest BCUT2D eigenvalue weighted by Crippen LogP contribution is 2.61. The second-order valence-electron chi connectivity index (χ2n) is 10.2. The molecule has 4 aliphatic rings. The number of nitrogens with one attached hydrogen (secondary N) is 1. The van der Waals surface area contributed by atoms with E-state index in [1.165, 1.54) is 50.3 Å². The minimum atomic E-state index is -0.0730. The van der Waals surface area contributed by atoms with E-state index in [0.717, 1.165) is 46.4 Å². The van der Waals surface area contributed by atoms with Gasteiger partial charge in [-0.3, -0.25) is 4.79 Å². The van der Waals surface area contributed by atoms with Gasteiger partial charge in [0.2, 0.25) is 5.91 Å². The van der Waals surface area contributed by atoms with Crippen molar-refractivity contribution in [1.82, 2.24) is 14.8 Å². The van der Waals surface area contributed by atoms with Gasteiger partial charge in [0, 0.05) is 23.7 Å². The van der Waals surface area contributed by atoms with Crippen molar-refractivity contribution in [3.63, 3.8) is 0 Å². The topological polar surface area (TPSA) is 59.8 Å². The molecule has 2 aromatic rings. The Hall–Kier alpha value is -1.79. The number of aryl methyl sites for hydroxylation is 1. The van der Waals surface area contributed by atoms with E-state index in [2.05, 4.69) is 26.7 Å². The van der Waals surface area contributed by atoms with Gasteiger partial charge in [-0.1, -0.05) is 35.5 Å². The number of hydrogen-bond acceptors (Lipinski definition) is 4.